The number of aromatic nitrogens is 2. The van der Waals surface area contributed by atoms with Crippen LogP contribution in [-0.2, 0) is 6.42 Å². The predicted octanol–water partition coefficient (Wildman–Crippen LogP) is 4.71. The topological polar surface area (TPSA) is 82.6 Å². The Balaban J connectivity index is 1.70. The summed E-state index contributed by atoms with van der Waals surface area (Å²) in [6.45, 7) is 4.87. The summed E-state index contributed by atoms with van der Waals surface area (Å²) >= 11 is 1.15. The number of hydrogen-bond donors (Lipinski definition) is 1. The molecule has 0 fully saturated rings. The first-order chi connectivity index (χ1) is 15.0. The second-order valence-corrected chi connectivity index (χ2v) is 8.13. The Hall–Kier alpha value is -3.13. The molecule has 0 bridgehead atoms. The molecule has 1 amide bonds. The predicted molar refractivity (Wildman–Crippen MR) is 121 cm³/mol. The van der Waals surface area contributed by atoms with Crippen LogP contribution in [0.5, 0.6) is 22.4 Å². The molecule has 0 saturated heterocycles. The van der Waals surface area contributed by atoms with Crippen LogP contribution in [0.2, 0.25) is 0 Å². The van der Waals surface area contributed by atoms with Gasteiger partial charge in [0, 0.05) is 30.1 Å². The standard InChI is InChI=1S/C23H27N3O4S/c1-15(2)10-11-24-22(27)17-8-9-19(29-4)20(14-17)30-23-25-21(26-31-23)13-16-6-5-7-18(12-16)28-3/h5-9,12,14-15H,10-11,13H2,1-4H3,(H,24,27). The number of carbonyl (C=O) groups excluding carboxylic acids is 1. The van der Waals surface area contributed by atoms with Gasteiger partial charge in [0.05, 0.1) is 14.2 Å². The fourth-order valence-electron chi connectivity index (χ4n) is 2.88. The lowest BCUT2D eigenvalue weighted by Gasteiger charge is -2.11. The van der Waals surface area contributed by atoms with Crippen molar-refractivity contribution in [1.82, 2.24) is 14.7 Å². The maximum Gasteiger partial charge on any atom is 0.298 e. The molecule has 0 spiro atoms. The van der Waals surface area contributed by atoms with Crippen LogP contribution in [0.15, 0.2) is 42.5 Å². The van der Waals surface area contributed by atoms with E-state index in [1.54, 1.807) is 32.4 Å². The van der Waals surface area contributed by atoms with Crippen LogP contribution in [0.3, 0.4) is 0 Å². The van der Waals surface area contributed by atoms with Crippen LogP contribution in [0.4, 0.5) is 0 Å². The van der Waals surface area contributed by atoms with E-state index in [0.717, 1.165) is 29.3 Å². The molecule has 1 heterocycles. The minimum atomic E-state index is -0.149. The molecule has 0 aliphatic carbocycles. The van der Waals surface area contributed by atoms with Gasteiger partial charge in [-0.1, -0.05) is 26.0 Å². The third kappa shape index (κ3) is 6.42. The van der Waals surface area contributed by atoms with Crippen molar-refractivity contribution in [2.45, 2.75) is 26.7 Å². The van der Waals surface area contributed by atoms with E-state index in [9.17, 15) is 4.79 Å². The molecule has 7 nitrogen and oxygen atoms in total. The second-order valence-electron chi connectivity index (χ2n) is 7.41. The summed E-state index contributed by atoms with van der Waals surface area (Å²) in [4.78, 5) is 16.9. The Labute approximate surface area is 186 Å². The maximum absolute atomic E-state index is 12.4. The van der Waals surface area contributed by atoms with E-state index in [1.165, 1.54) is 0 Å². The zero-order valence-corrected chi connectivity index (χ0v) is 19.0. The van der Waals surface area contributed by atoms with Crippen LogP contribution in [0.1, 0.15) is 42.0 Å². The number of methoxy groups -OCH3 is 2. The largest absolute Gasteiger partial charge is 0.497 e. The Morgan fingerprint density at radius 3 is 2.68 bits per heavy atom. The number of nitrogens with zero attached hydrogens (tertiary/aromatic N) is 2. The SMILES string of the molecule is COc1cccc(Cc2nsc(Oc3cc(C(=O)NCCC(C)C)ccc3OC)n2)c1. The molecule has 0 radical (unpaired) electrons. The van der Waals surface area contributed by atoms with E-state index in [1.807, 2.05) is 24.3 Å². The van der Waals surface area contributed by atoms with Gasteiger partial charge >= 0.3 is 0 Å². The molecule has 0 saturated carbocycles. The molecule has 31 heavy (non-hydrogen) atoms. The first kappa shape index (κ1) is 22.6. The molecule has 2 aromatic carbocycles. The summed E-state index contributed by atoms with van der Waals surface area (Å²) in [5, 5.41) is 3.31. The summed E-state index contributed by atoms with van der Waals surface area (Å²) in [6.07, 6.45) is 1.48. The summed E-state index contributed by atoms with van der Waals surface area (Å²) < 4.78 is 20.9. The monoisotopic (exact) mass is 441 g/mol. The zero-order valence-electron chi connectivity index (χ0n) is 18.2. The van der Waals surface area contributed by atoms with E-state index in [4.69, 9.17) is 14.2 Å². The Kier molecular flexibility index (Phi) is 7.83. The number of nitrogens with one attached hydrogen (secondary N) is 1. The Bertz CT molecular complexity index is 1020. The van der Waals surface area contributed by atoms with Gasteiger partial charge in [0.1, 0.15) is 5.75 Å². The third-order valence-corrected chi connectivity index (χ3v) is 5.21. The van der Waals surface area contributed by atoms with Gasteiger partial charge in [0.15, 0.2) is 17.3 Å². The van der Waals surface area contributed by atoms with Gasteiger partial charge in [0.2, 0.25) is 0 Å². The average molecular weight is 442 g/mol. The van der Waals surface area contributed by atoms with Crippen molar-refractivity contribution in [2.24, 2.45) is 5.92 Å². The number of ether oxygens (including phenoxy) is 3. The van der Waals surface area contributed by atoms with E-state index in [-0.39, 0.29) is 5.91 Å². The summed E-state index contributed by atoms with van der Waals surface area (Å²) in [7, 11) is 3.19. The van der Waals surface area contributed by atoms with Gasteiger partial charge < -0.3 is 19.5 Å². The summed E-state index contributed by atoms with van der Waals surface area (Å²) in [6, 6.07) is 12.9. The molecule has 3 rings (SSSR count). The highest BCUT2D eigenvalue weighted by Crippen LogP contribution is 2.33. The van der Waals surface area contributed by atoms with Gasteiger partial charge in [-0.3, -0.25) is 4.79 Å². The highest BCUT2D eigenvalue weighted by atomic mass is 32.1. The first-order valence-electron chi connectivity index (χ1n) is 10.1. The van der Waals surface area contributed by atoms with E-state index < -0.39 is 0 Å². The van der Waals surface area contributed by atoms with Gasteiger partial charge in [-0.25, -0.2) is 0 Å². The van der Waals surface area contributed by atoms with Gasteiger partial charge in [0.25, 0.3) is 11.1 Å². The molecule has 1 aromatic heterocycles. The normalized spacial score (nSPS) is 10.7. The molecule has 164 valence electrons. The molecule has 0 aliphatic rings. The number of benzene rings is 2. The minimum absolute atomic E-state index is 0.149. The molecular formula is C23H27N3O4S. The highest BCUT2D eigenvalue weighted by Gasteiger charge is 2.15. The molecule has 8 heteroatoms. The fourth-order valence-corrected chi connectivity index (χ4v) is 3.45. The maximum atomic E-state index is 12.4. The van der Waals surface area contributed by atoms with Crippen LogP contribution in [0.25, 0.3) is 0 Å². The van der Waals surface area contributed by atoms with Crippen LogP contribution >= 0.6 is 11.5 Å². The number of hydrogen-bond acceptors (Lipinski definition) is 7. The lowest BCUT2D eigenvalue weighted by Crippen LogP contribution is -2.25. The summed E-state index contributed by atoms with van der Waals surface area (Å²) in [5.41, 5.74) is 1.54. The van der Waals surface area contributed by atoms with Crippen molar-refractivity contribution in [1.29, 1.82) is 0 Å². The molecule has 3 aromatic rings. The number of amides is 1. The molecular weight excluding hydrogens is 414 g/mol. The first-order valence-corrected chi connectivity index (χ1v) is 10.9. The number of rotatable bonds is 10. The van der Waals surface area contributed by atoms with Crippen LogP contribution < -0.4 is 19.5 Å². The third-order valence-electron chi connectivity index (χ3n) is 4.58. The Morgan fingerprint density at radius 1 is 1.10 bits per heavy atom. The van der Waals surface area contributed by atoms with Crippen molar-refractivity contribution in [3.05, 3.63) is 59.4 Å². The summed E-state index contributed by atoms with van der Waals surface area (Å²) in [5.74, 6) is 2.75. The van der Waals surface area contributed by atoms with E-state index in [0.29, 0.717) is 47.0 Å². The van der Waals surface area contributed by atoms with Crippen molar-refractivity contribution >= 4 is 17.4 Å². The van der Waals surface area contributed by atoms with Gasteiger partial charge in [-0.05, 0) is 48.2 Å². The molecule has 0 aliphatic heterocycles. The van der Waals surface area contributed by atoms with Gasteiger partial charge in [-0.15, -0.1) is 0 Å². The molecule has 0 unspecified atom stereocenters. The van der Waals surface area contributed by atoms with Crippen LogP contribution in [-0.4, -0.2) is 36.0 Å². The highest BCUT2D eigenvalue weighted by molar-refractivity contribution is 7.07. The van der Waals surface area contributed by atoms with E-state index >= 15 is 0 Å². The minimum Gasteiger partial charge on any atom is -0.497 e. The number of carbonyl (C=O) groups is 1. The van der Waals surface area contributed by atoms with E-state index in [2.05, 4.69) is 28.5 Å². The molecule has 0 atom stereocenters. The smallest absolute Gasteiger partial charge is 0.298 e. The van der Waals surface area contributed by atoms with Crippen molar-refractivity contribution in [3.8, 4) is 22.4 Å². The Morgan fingerprint density at radius 2 is 1.94 bits per heavy atom. The van der Waals surface area contributed by atoms with Crippen molar-refractivity contribution in [2.75, 3.05) is 20.8 Å². The zero-order chi connectivity index (χ0) is 22.2. The van der Waals surface area contributed by atoms with Crippen molar-refractivity contribution in [3.63, 3.8) is 0 Å². The lowest BCUT2D eigenvalue weighted by atomic mass is 10.1. The second kappa shape index (κ2) is 10.8. The lowest BCUT2D eigenvalue weighted by molar-refractivity contribution is 0.0951. The fraction of sp³-hybridized carbons (Fsp3) is 0.348. The molecule has 1 N–H and O–H groups in total. The average Bonchev–Trinajstić information content (AvgIpc) is 3.20. The van der Waals surface area contributed by atoms with Crippen molar-refractivity contribution < 1.29 is 19.0 Å². The van der Waals surface area contributed by atoms with Crippen LogP contribution in [0, 0.1) is 5.92 Å². The van der Waals surface area contributed by atoms with Gasteiger partial charge in [-0.2, -0.15) is 9.36 Å². The quantitative estimate of drug-likeness (QED) is 0.490.